The summed E-state index contributed by atoms with van der Waals surface area (Å²) in [6, 6.07) is 4.75. The highest BCUT2D eigenvalue weighted by Crippen LogP contribution is 2.55. The molecule has 0 spiro atoms. The summed E-state index contributed by atoms with van der Waals surface area (Å²) in [5, 5.41) is 11.1. The van der Waals surface area contributed by atoms with Crippen molar-refractivity contribution in [3.8, 4) is 0 Å². The van der Waals surface area contributed by atoms with Crippen molar-refractivity contribution in [2.45, 2.75) is 48.5 Å². The summed E-state index contributed by atoms with van der Waals surface area (Å²) in [5.74, 6) is -3.68. The minimum Gasteiger partial charge on any atom is -0.480 e. The molecule has 0 saturated carbocycles. The van der Waals surface area contributed by atoms with Crippen molar-refractivity contribution in [2.75, 3.05) is 7.11 Å². The Morgan fingerprint density at radius 2 is 2.00 bits per heavy atom. The molecule has 2 aliphatic rings. The van der Waals surface area contributed by atoms with Crippen molar-refractivity contribution in [1.82, 2.24) is 10.2 Å². The number of nitrogens with two attached hydrogens (primary N) is 1. The standard InChI is InChI=1S/C19H23N3O6S/c1-9-6-5-7-10(8-9)11(20)13(23)21-19(17(27)28-4)15(26)22-12(14(24)25)18(2,3)29-16(19)22/h5-8,11-12,16H,20H2,1-4H3,(H,21,23)(H,24,25)/t11?,12-,16+,19?/m0/s1. The molecule has 156 valence electrons. The molecule has 2 unspecified atom stereocenters. The maximum atomic E-state index is 13.0. The van der Waals surface area contributed by atoms with Gasteiger partial charge in [0.15, 0.2) is 0 Å². The Balaban J connectivity index is 1.94. The molecule has 1 aromatic carbocycles. The highest BCUT2D eigenvalue weighted by atomic mass is 32.2. The van der Waals surface area contributed by atoms with Crippen LogP contribution in [0.1, 0.15) is 31.0 Å². The van der Waals surface area contributed by atoms with Crippen LogP contribution in [0, 0.1) is 6.92 Å². The Hall–Kier alpha value is -2.59. The van der Waals surface area contributed by atoms with Gasteiger partial charge in [0.2, 0.25) is 11.4 Å². The summed E-state index contributed by atoms with van der Waals surface area (Å²) >= 11 is 1.13. The van der Waals surface area contributed by atoms with Gasteiger partial charge in [-0.1, -0.05) is 29.8 Å². The Morgan fingerprint density at radius 1 is 1.34 bits per heavy atom. The summed E-state index contributed by atoms with van der Waals surface area (Å²) in [6.07, 6.45) is 0. The normalized spacial score (nSPS) is 28.2. The van der Waals surface area contributed by atoms with Crippen LogP contribution in [0.15, 0.2) is 24.3 Å². The van der Waals surface area contributed by atoms with Crippen molar-refractivity contribution in [3.05, 3.63) is 35.4 Å². The van der Waals surface area contributed by atoms with Gasteiger partial charge < -0.3 is 25.8 Å². The van der Waals surface area contributed by atoms with Crippen LogP contribution in [0.4, 0.5) is 0 Å². The summed E-state index contributed by atoms with van der Waals surface area (Å²) in [4.78, 5) is 51.3. The lowest BCUT2D eigenvalue weighted by Gasteiger charge is -2.50. The van der Waals surface area contributed by atoms with E-state index in [0.29, 0.717) is 5.56 Å². The van der Waals surface area contributed by atoms with Crippen LogP contribution < -0.4 is 11.1 Å². The Morgan fingerprint density at radius 3 is 2.55 bits per heavy atom. The number of carboxylic acids is 1. The van der Waals surface area contributed by atoms with E-state index < -0.39 is 51.5 Å². The van der Waals surface area contributed by atoms with Crippen LogP contribution >= 0.6 is 11.8 Å². The van der Waals surface area contributed by atoms with Crippen LogP contribution in [0.2, 0.25) is 0 Å². The number of ether oxygens (including phenoxy) is 1. The maximum absolute atomic E-state index is 13.0. The van der Waals surface area contributed by atoms with E-state index in [-0.39, 0.29) is 0 Å². The third kappa shape index (κ3) is 3.06. The van der Waals surface area contributed by atoms with Crippen LogP contribution in [0.3, 0.4) is 0 Å². The monoisotopic (exact) mass is 421 g/mol. The zero-order chi connectivity index (χ0) is 21.7. The molecule has 2 amide bonds. The lowest BCUT2D eigenvalue weighted by Crippen LogP contribution is -2.83. The average molecular weight is 421 g/mol. The third-order valence-corrected chi connectivity index (χ3v) is 6.93. The number of nitrogens with one attached hydrogen (secondary N) is 1. The molecule has 1 aromatic rings. The average Bonchev–Trinajstić information content (AvgIpc) is 2.93. The van der Waals surface area contributed by atoms with E-state index in [9.17, 15) is 24.3 Å². The number of thioether (sulfide) groups is 1. The van der Waals surface area contributed by atoms with Gasteiger partial charge in [0.25, 0.3) is 5.91 Å². The van der Waals surface area contributed by atoms with E-state index in [1.165, 1.54) is 0 Å². The smallest absolute Gasteiger partial charge is 0.344 e. The van der Waals surface area contributed by atoms with Crippen molar-refractivity contribution in [2.24, 2.45) is 5.73 Å². The second-order valence-electron chi connectivity index (χ2n) is 7.71. The van der Waals surface area contributed by atoms with Crippen molar-refractivity contribution in [3.63, 3.8) is 0 Å². The molecule has 4 atom stereocenters. The molecule has 2 saturated heterocycles. The Kier molecular flexibility index (Phi) is 5.12. The lowest BCUT2D eigenvalue weighted by atomic mass is 9.84. The molecule has 2 fully saturated rings. The van der Waals surface area contributed by atoms with Gasteiger partial charge in [0.1, 0.15) is 17.5 Å². The number of rotatable bonds is 5. The number of β-lactam (4-membered cyclic amide) rings is 1. The number of carbonyl (C=O) groups excluding carboxylic acids is 3. The van der Waals surface area contributed by atoms with Gasteiger partial charge in [0.05, 0.1) is 7.11 Å². The summed E-state index contributed by atoms with van der Waals surface area (Å²) in [7, 11) is 1.10. The maximum Gasteiger partial charge on any atom is 0.344 e. The molecule has 3 rings (SSSR count). The van der Waals surface area contributed by atoms with Gasteiger partial charge in [-0.2, -0.15) is 0 Å². The summed E-state index contributed by atoms with van der Waals surface area (Å²) in [5.41, 5.74) is 5.46. The Bertz CT molecular complexity index is 904. The molecule has 0 radical (unpaired) electrons. The quantitative estimate of drug-likeness (QED) is 0.347. The number of esters is 1. The fourth-order valence-electron chi connectivity index (χ4n) is 3.86. The SMILES string of the molecule is COC(=O)C1(NC(=O)C(N)c2cccc(C)c2)C(=O)N2[C@@H](C(=O)O)C(C)(C)S[C@@H]21. The fourth-order valence-corrected chi connectivity index (χ4v) is 5.54. The van der Waals surface area contributed by atoms with Gasteiger partial charge in [-0.25, -0.2) is 9.59 Å². The first-order valence-corrected chi connectivity index (χ1v) is 9.81. The predicted octanol–water partition coefficient (Wildman–Crippen LogP) is 0.170. The minimum absolute atomic E-state index is 0.522. The van der Waals surface area contributed by atoms with E-state index in [4.69, 9.17) is 10.5 Å². The zero-order valence-corrected chi connectivity index (χ0v) is 17.3. The predicted molar refractivity (Wildman–Crippen MR) is 105 cm³/mol. The van der Waals surface area contributed by atoms with Gasteiger partial charge in [-0.3, -0.25) is 9.59 Å². The fraction of sp³-hybridized carbons (Fsp3) is 0.474. The molecule has 4 N–H and O–H groups in total. The van der Waals surface area contributed by atoms with Gasteiger partial charge in [-0.15, -0.1) is 11.8 Å². The first-order chi connectivity index (χ1) is 13.5. The number of hydrogen-bond donors (Lipinski definition) is 3. The molecule has 0 aromatic heterocycles. The zero-order valence-electron chi connectivity index (χ0n) is 16.5. The highest BCUT2D eigenvalue weighted by molar-refractivity contribution is 8.01. The van der Waals surface area contributed by atoms with Crippen LogP contribution in [0.5, 0.6) is 0 Å². The first-order valence-electron chi connectivity index (χ1n) is 8.93. The number of nitrogens with zero attached hydrogens (tertiary/aromatic N) is 1. The number of aliphatic carboxylic acids is 1. The van der Waals surface area contributed by atoms with Crippen molar-refractivity contribution in [1.29, 1.82) is 0 Å². The number of benzene rings is 1. The molecule has 9 nitrogen and oxygen atoms in total. The molecule has 10 heteroatoms. The van der Waals surface area contributed by atoms with Crippen LogP contribution in [-0.4, -0.2) is 62.6 Å². The third-order valence-electron chi connectivity index (χ3n) is 5.29. The topological polar surface area (TPSA) is 139 Å². The summed E-state index contributed by atoms with van der Waals surface area (Å²) < 4.78 is 3.93. The van der Waals surface area contributed by atoms with E-state index >= 15 is 0 Å². The van der Waals surface area contributed by atoms with E-state index in [0.717, 1.165) is 29.3 Å². The van der Waals surface area contributed by atoms with Crippen molar-refractivity contribution < 1.29 is 29.0 Å². The van der Waals surface area contributed by atoms with Gasteiger partial charge in [-0.05, 0) is 26.3 Å². The molecular formula is C19H23N3O6S. The number of carboxylic acid groups (broad SMARTS) is 1. The second kappa shape index (κ2) is 7.03. The molecule has 2 heterocycles. The van der Waals surface area contributed by atoms with E-state index in [1.54, 1.807) is 32.0 Å². The molecule has 2 aliphatic heterocycles. The lowest BCUT2D eigenvalue weighted by molar-refractivity contribution is -0.180. The number of fused-ring (bicyclic) bond motifs is 1. The number of hydrogen-bond acceptors (Lipinski definition) is 7. The van der Waals surface area contributed by atoms with Gasteiger partial charge >= 0.3 is 11.9 Å². The van der Waals surface area contributed by atoms with Gasteiger partial charge in [0, 0.05) is 4.75 Å². The largest absolute Gasteiger partial charge is 0.480 e. The molecule has 0 aliphatic carbocycles. The summed E-state index contributed by atoms with van der Waals surface area (Å²) in [6.45, 7) is 5.19. The van der Waals surface area contributed by atoms with E-state index in [2.05, 4.69) is 5.32 Å². The second-order valence-corrected chi connectivity index (χ2v) is 9.44. The highest BCUT2D eigenvalue weighted by Gasteiger charge is 2.76. The van der Waals surface area contributed by atoms with Crippen LogP contribution in [0.25, 0.3) is 0 Å². The minimum atomic E-state index is -2.01. The number of amides is 2. The Labute approximate surface area is 171 Å². The number of carbonyl (C=O) groups is 4. The molecule has 0 bridgehead atoms. The first kappa shape index (κ1) is 21.1. The number of aryl methyl sites for hydroxylation is 1. The number of methoxy groups -OCH3 is 1. The molecule has 29 heavy (non-hydrogen) atoms. The van der Waals surface area contributed by atoms with Crippen LogP contribution in [-0.2, 0) is 23.9 Å². The van der Waals surface area contributed by atoms with E-state index in [1.807, 2.05) is 13.0 Å². The molecular weight excluding hydrogens is 398 g/mol. The van der Waals surface area contributed by atoms with Crippen molar-refractivity contribution >= 4 is 35.5 Å².